The molecule has 2 aliphatic rings. The average molecular weight is 241 g/mol. The highest BCUT2D eigenvalue weighted by atomic mass is 16.5. The molecule has 0 spiro atoms. The highest BCUT2D eigenvalue weighted by Gasteiger charge is 2.23. The van der Waals surface area contributed by atoms with E-state index in [1.807, 2.05) is 4.90 Å². The molecule has 17 heavy (non-hydrogen) atoms. The van der Waals surface area contributed by atoms with Crippen molar-refractivity contribution in [2.24, 2.45) is 5.92 Å². The number of nitrogens with zero attached hydrogens (tertiary/aromatic N) is 2. The number of urea groups is 1. The first kappa shape index (κ1) is 12.6. The van der Waals surface area contributed by atoms with E-state index < -0.39 is 0 Å². The molecule has 0 aromatic carbocycles. The summed E-state index contributed by atoms with van der Waals surface area (Å²) in [6.07, 6.45) is 1.21. The van der Waals surface area contributed by atoms with Gasteiger partial charge in [-0.05, 0) is 25.4 Å². The maximum absolute atomic E-state index is 11.9. The lowest BCUT2D eigenvalue weighted by molar-refractivity contribution is 0.0530. The van der Waals surface area contributed by atoms with Crippen LogP contribution in [0.4, 0.5) is 4.79 Å². The molecule has 1 atom stereocenters. The molecule has 2 aliphatic heterocycles. The van der Waals surface area contributed by atoms with Gasteiger partial charge in [0.25, 0.3) is 0 Å². The van der Waals surface area contributed by atoms with Crippen LogP contribution in [0.25, 0.3) is 0 Å². The Bertz CT molecular complexity index is 254. The summed E-state index contributed by atoms with van der Waals surface area (Å²) in [7, 11) is 0. The normalized spacial score (nSPS) is 26.2. The monoisotopic (exact) mass is 241 g/mol. The fourth-order valence-corrected chi connectivity index (χ4v) is 2.48. The highest BCUT2D eigenvalue weighted by Crippen LogP contribution is 2.14. The molecular formula is C12H23N3O2. The number of ether oxygens (including phenoxy) is 1. The van der Waals surface area contributed by atoms with Gasteiger partial charge < -0.3 is 19.9 Å². The first-order valence-electron chi connectivity index (χ1n) is 6.62. The van der Waals surface area contributed by atoms with E-state index in [9.17, 15) is 4.79 Å². The van der Waals surface area contributed by atoms with Gasteiger partial charge in [-0.25, -0.2) is 4.79 Å². The van der Waals surface area contributed by atoms with Crippen molar-refractivity contribution in [2.75, 3.05) is 52.5 Å². The van der Waals surface area contributed by atoms with Crippen LogP contribution in [0.5, 0.6) is 0 Å². The van der Waals surface area contributed by atoms with Crippen LogP contribution >= 0.6 is 0 Å². The van der Waals surface area contributed by atoms with E-state index in [1.165, 1.54) is 13.0 Å². The number of carbonyl (C=O) groups excluding carboxylic acids is 1. The predicted molar refractivity (Wildman–Crippen MR) is 66.0 cm³/mol. The second kappa shape index (κ2) is 6.21. The fourth-order valence-electron chi connectivity index (χ4n) is 2.48. The van der Waals surface area contributed by atoms with Crippen molar-refractivity contribution in [3.63, 3.8) is 0 Å². The summed E-state index contributed by atoms with van der Waals surface area (Å²) in [5, 5.41) is 3.04. The summed E-state index contributed by atoms with van der Waals surface area (Å²) in [6, 6.07) is 0.0725. The average Bonchev–Trinajstić information content (AvgIpc) is 2.85. The minimum atomic E-state index is 0.0725. The molecule has 1 unspecified atom stereocenters. The zero-order chi connectivity index (χ0) is 12.1. The molecule has 0 saturated carbocycles. The lowest BCUT2D eigenvalue weighted by Crippen LogP contribution is -2.47. The summed E-state index contributed by atoms with van der Waals surface area (Å²) < 4.78 is 5.23. The summed E-state index contributed by atoms with van der Waals surface area (Å²) in [5.74, 6) is 0.625. The fraction of sp³-hybridized carbons (Fsp3) is 0.917. The first-order chi connectivity index (χ1) is 8.29. The number of hydrogen-bond donors (Lipinski definition) is 1. The molecule has 2 amide bonds. The van der Waals surface area contributed by atoms with Gasteiger partial charge in [-0.3, -0.25) is 0 Å². The van der Waals surface area contributed by atoms with Gasteiger partial charge in [0.15, 0.2) is 0 Å². The topological polar surface area (TPSA) is 44.8 Å². The van der Waals surface area contributed by atoms with E-state index in [0.29, 0.717) is 19.1 Å². The van der Waals surface area contributed by atoms with E-state index in [2.05, 4.69) is 17.1 Å². The van der Waals surface area contributed by atoms with Crippen molar-refractivity contribution in [3.8, 4) is 0 Å². The number of morpholine rings is 1. The van der Waals surface area contributed by atoms with Crippen LogP contribution in [0.1, 0.15) is 13.3 Å². The zero-order valence-electron chi connectivity index (χ0n) is 10.7. The molecule has 5 heteroatoms. The van der Waals surface area contributed by atoms with E-state index >= 15 is 0 Å². The summed E-state index contributed by atoms with van der Waals surface area (Å²) in [4.78, 5) is 16.1. The molecule has 5 nitrogen and oxygen atoms in total. The number of nitrogens with one attached hydrogen (secondary N) is 1. The molecule has 0 aliphatic carbocycles. The van der Waals surface area contributed by atoms with Crippen molar-refractivity contribution in [2.45, 2.75) is 13.3 Å². The number of rotatable bonds is 3. The van der Waals surface area contributed by atoms with E-state index in [1.54, 1.807) is 0 Å². The Labute approximate surface area is 103 Å². The first-order valence-corrected chi connectivity index (χ1v) is 6.62. The smallest absolute Gasteiger partial charge is 0.317 e. The third kappa shape index (κ3) is 3.57. The van der Waals surface area contributed by atoms with Crippen LogP contribution in [0.3, 0.4) is 0 Å². The van der Waals surface area contributed by atoms with Crippen LogP contribution in [0, 0.1) is 5.92 Å². The Hall–Kier alpha value is -0.810. The van der Waals surface area contributed by atoms with Crippen LogP contribution in [0.2, 0.25) is 0 Å². The van der Waals surface area contributed by atoms with Gasteiger partial charge in [0.2, 0.25) is 0 Å². The Balaban J connectivity index is 1.65. The SMILES string of the molecule is CCN1CCC(CNC(=O)N2CCOCC2)C1. The predicted octanol–water partition coefficient (Wildman–Crippen LogP) is 0.370. The molecule has 98 valence electrons. The largest absolute Gasteiger partial charge is 0.378 e. The molecule has 2 heterocycles. The maximum Gasteiger partial charge on any atom is 0.317 e. The number of hydrogen-bond acceptors (Lipinski definition) is 3. The zero-order valence-corrected chi connectivity index (χ0v) is 10.7. The summed E-state index contributed by atoms with van der Waals surface area (Å²) in [6.45, 7) is 9.19. The van der Waals surface area contributed by atoms with Crippen molar-refractivity contribution in [1.82, 2.24) is 15.1 Å². The Morgan fingerprint density at radius 1 is 1.35 bits per heavy atom. The van der Waals surface area contributed by atoms with E-state index in [0.717, 1.165) is 32.7 Å². The third-order valence-corrected chi connectivity index (χ3v) is 3.66. The van der Waals surface area contributed by atoms with Crippen LogP contribution in [-0.4, -0.2) is 68.3 Å². The van der Waals surface area contributed by atoms with Crippen LogP contribution < -0.4 is 5.32 Å². The van der Waals surface area contributed by atoms with Gasteiger partial charge >= 0.3 is 6.03 Å². The lowest BCUT2D eigenvalue weighted by atomic mass is 10.1. The second-order valence-electron chi connectivity index (χ2n) is 4.83. The third-order valence-electron chi connectivity index (χ3n) is 3.66. The summed E-state index contributed by atoms with van der Waals surface area (Å²) in [5.41, 5.74) is 0. The quantitative estimate of drug-likeness (QED) is 0.776. The van der Waals surface area contributed by atoms with Gasteiger partial charge in [-0.15, -0.1) is 0 Å². The van der Waals surface area contributed by atoms with Gasteiger partial charge in [-0.2, -0.15) is 0 Å². The highest BCUT2D eigenvalue weighted by molar-refractivity contribution is 5.74. The van der Waals surface area contributed by atoms with E-state index in [-0.39, 0.29) is 6.03 Å². The maximum atomic E-state index is 11.9. The molecule has 0 aromatic heterocycles. The minimum Gasteiger partial charge on any atom is -0.378 e. The Morgan fingerprint density at radius 2 is 2.12 bits per heavy atom. The van der Waals surface area contributed by atoms with Crippen molar-refractivity contribution in [3.05, 3.63) is 0 Å². The minimum absolute atomic E-state index is 0.0725. The Kier molecular flexibility index (Phi) is 4.62. The summed E-state index contributed by atoms with van der Waals surface area (Å²) >= 11 is 0. The second-order valence-corrected chi connectivity index (χ2v) is 4.83. The van der Waals surface area contributed by atoms with Crippen molar-refractivity contribution >= 4 is 6.03 Å². The number of carbonyl (C=O) groups is 1. The van der Waals surface area contributed by atoms with Crippen LogP contribution in [0.15, 0.2) is 0 Å². The molecule has 0 radical (unpaired) electrons. The van der Waals surface area contributed by atoms with E-state index in [4.69, 9.17) is 4.74 Å². The lowest BCUT2D eigenvalue weighted by Gasteiger charge is -2.27. The molecular weight excluding hydrogens is 218 g/mol. The molecule has 0 bridgehead atoms. The number of amides is 2. The molecule has 1 N–H and O–H groups in total. The Morgan fingerprint density at radius 3 is 2.76 bits per heavy atom. The van der Waals surface area contributed by atoms with Gasteiger partial charge in [0.1, 0.15) is 0 Å². The number of likely N-dealkylation sites (tertiary alicyclic amines) is 1. The van der Waals surface area contributed by atoms with Crippen LogP contribution in [-0.2, 0) is 4.74 Å². The molecule has 2 fully saturated rings. The van der Waals surface area contributed by atoms with Crippen molar-refractivity contribution in [1.29, 1.82) is 0 Å². The van der Waals surface area contributed by atoms with Crippen molar-refractivity contribution < 1.29 is 9.53 Å². The van der Waals surface area contributed by atoms with Gasteiger partial charge in [-0.1, -0.05) is 6.92 Å². The molecule has 0 aromatic rings. The standard InChI is InChI=1S/C12H23N3O2/c1-2-14-4-3-11(10-14)9-13-12(16)15-5-7-17-8-6-15/h11H,2-10H2,1H3,(H,13,16). The molecule has 2 rings (SSSR count). The van der Waals surface area contributed by atoms with Gasteiger partial charge in [0, 0.05) is 26.2 Å². The molecule has 2 saturated heterocycles. The van der Waals surface area contributed by atoms with Gasteiger partial charge in [0.05, 0.1) is 13.2 Å².